The lowest BCUT2D eigenvalue weighted by molar-refractivity contribution is 0.0257. The van der Waals surface area contributed by atoms with Crippen LogP contribution in [0.2, 0.25) is 0 Å². The van der Waals surface area contributed by atoms with Crippen LogP contribution in [0.25, 0.3) is 0 Å². The molecule has 2 unspecified atom stereocenters. The molecule has 3 aliphatic heterocycles. The average Bonchev–Trinajstić information content (AvgIpc) is 2.85. The zero-order valence-corrected chi connectivity index (χ0v) is 12.1. The highest BCUT2D eigenvalue weighted by Gasteiger charge is 2.39. The zero-order chi connectivity index (χ0) is 14.2. The zero-order valence-electron chi connectivity index (χ0n) is 12.1. The summed E-state index contributed by atoms with van der Waals surface area (Å²) in [4.78, 5) is 16.5. The van der Waals surface area contributed by atoms with Crippen molar-refractivity contribution in [3.05, 3.63) is 35.4 Å². The quantitative estimate of drug-likeness (QED) is 0.883. The number of piperazine rings is 1. The molecule has 1 N–H and O–H groups in total. The summed E-state index contributed by atoms with van der Waals surface area (Å²) in [7, 11) is 0. The van der Waals surface area contributed by atoms with Crippen molar-refractivity contribution in [2.24, 2.45) is 0 Å². The standard InChI is InChI=1S/C16H21N3O2/c20-16-18(10-13-9-17-6-7-19(13)16)11-15-14-4-2-1-3-12(14)5-8-21-15/h1-4,13,15,17H,5-11H2. The molecule has 0 aliphatic carbocycles. The topological polar surface area (TPSA) is 44.8 Å². The van der Waals surface area contributed by atoms with Crippen molar-refractivity contribution in [2.75, 3.05) is 39.3 Å². The molecule has 5 heteroatoms. The van der Waals surface area contributed by atoms with Crippen molar-refractivity contribution in [1.82, 2.24) is 15.1 Å². The van der Waals surface area contributed by atoms with Gasteiger partial charge in [0.25, 0.3) is 0 Å². The van der Waals surface area contributed by atoms with Gasteiger partial charge in [-0.3, -0.25) is 0 Å². The number of fused-ring (bicyclic) bond motifs is 2. The molecule has 21 heavy (non-hydrogen) atoms. The molecular weight excluding hydrogens is 266 g/mol. The van der Waals surface area contributed by atoms with E-state index in [0.717, 1.165) is 39.2 Å². The number of ether oxygens (including phenoxy) is 1. The molecular formula is C16H21N3O2. The highest BCUT2D eigenvalue weighted by Crippen LogP contribution is 2.29. The molecule has 4 rings (SSSR count). The molecule has 112 valence electrons. The third kappa shape index (κ3) is 2.30. The summed E-state index contributed by atoms with van der Waals surface area (Å²) >= 11 is 0. The lowest BCUT2D eigenvalue weighted by Gasteiger charge is -2.29. The predicted molar refractivity (Wildman–Crippen MR) is 79.2 cm³/mol. The molecule has 1 aromatic carbocycles. The molecule has 2 saturated heterocycles. The number of hydrogen-bond acceptors (Lipinski definition) is 3. The van der Waals surface area contributed by atoms with Crippen molar-refractivity contribution >= 4 is 6.03 Å². The Kier molecular flexibility index (Phi) is 3.31. The minimum atomic E-state index is 0.0215. The highest BCUT2D eigenvalue weighted by atomic mass is 16.5. The monoisotopic (exact) mass is 287 g/mol. The van der Waals surface area contributed by atoms with E-state index in [4.69, 9.17) is 4.74 Å². The average molecular weight is 287 g/mol. The Hall–Kier alpha value is -1.59. The summed E-state index contributed by atoms with van der Waals surface area (Å²) in [6.45, 7) is 4.86. The van der Waals surface area contributed by atoms with Gasteiger partial charge in [-0.1, -0.05) is 24.3 Å². The van der Waals surface area contributed by atoms with Gasteiger partial charge in [-0.25, -0.2) is 4.79 Å². The summed E-state index contributed by atoms with van der Waals surface area (Å²) in [5.41, 5.74) is 2.61. The van der Waals surface area contributed by atoms with E-state index in [1.165, 1.54) is 11.1 Å². The molecule has 1 aromatic rings. The molecule has 3 heterocycles. The van der Waals surface area contributed by atoms with Crippen LogP contribution in [-0.2, 0) is 11.2 Å². The predicted octanol–water partition coefficient (Wildman–Crippen LogP) is 1.01. The number of rotatable bonds is 2. The first-order valence-electron chi connectivity index (χ1n) is 7.78. The van der Waals surface area contributed by atoms with Crippen molar-refractivity contribution in [2.45, 2.75) is 18.6 Å². The van der Waals surface area contributed by atoms with Gasteiger partial charge in [0.15, 0.2) is 0 Å². The van der Waals surface area contributed by atoms with E-state index in [0.29, 0.717) is 12.6 Å². The Bertz CT molecular complexity index is 548. The first-order valence-corrected chi connectivity index (χ1v) is 7.78. The summed E-state index contributed by atoms with van der Waals surface area (Å²) in [5.74, 6) is 0. The molecule has 0 bridgehead atoms. The van der Waals surface area contributed by atoms with E-state index in [-0.39, 0.29) is 12.1 Å². The number of carbonyl (C=O) groups excluding carboxylic acids is 1. The van der Waals surface area contributed by atoms with Gasteiger partial charge in [-0.2, -0.15) is 0 Å². The van der Waals surface area contributed by atoms with Crippen molar-refractivity contribution < 1.29 is 9.53 Å². The van der Waals surface area contributed by atoms with Gasteiger partial charge < -0.3 is 19.9 Å². The third-order valence-corrected chi connectivity index (χ3v) is 4.78. The normalized spacial score (nSPS) is 28.5. The van der Waals surface area contributed by atoms with E-state index in [1.807, 2.05) is 9.80 Å². The molecule has 0 radical (unpaired) electrons. The fourth-order valence-electron chi connectivity index (χ4n) is 3.67. The Morgan fingerprint density at radius 1 is 1.33 bits per heavy atom. The lowest BCUT2D eigenvalue weighted by atomic mass is 9.97. The van der Waals surface area contributed by atoms with Gasteiger partial charge in [-0.05, 0) is 17.5 Å². The van der Waals surface area contributed by atoms with E-state index in [2.05, 4.69) is 29.6 Å². The fourth-order valence-corrected chi connectivity index (χ4v) is 3.67. The molecule has 2 atom stereocenters. The van der Waals surface area contributed by atoms with Crippen LogP contribution in [0.1, 0.15) is 17.2 Å². The Morgan fingerprint density at radius 3 is 3.14 bits per heavy atom. The van der Waals surface area contributed by atoms with Crippen LogP contribution in [-0.4, -0.2) is 61.2 Å². The van der Waals surface area contributed by atoms with Crippen LogP contribution in [0.3, 0.4) is 0 Å². The molecule has 0 aromatic heterocycles. The number of amides is 2. The molecule has 0 saturated carbocycles. The molecule has 3 aliphatic rings. The van der Waals surface area contributed by atoms with Crippen LogP contribution >= 0.6 is 0 Å². The van der Waals surface area contributed by atoms with Crippen molar-refractivity contribution in [3.63, 3.8) is 0 Å². The Labute approximate surface area is 124 Å². The SMILES string of the molecule is O=C1N(CC2OCCc3ccccc32)CC2CNCCN12. The maximum Gasteiger partial charge on any atom is 0.320 e. The van der Waals surface area contributed by atoms with Gasteiger partial charge in [-0.15, -0.1) is 0 Å². The summed E-state index contributed by atoms with van der Waals surface area (Å²) < 4.78 is 5.94. The van der Waals surface area contributed by atoms with Crippen LogP contribution in [0.4, 0.5) is 4.79 Å². The van der Waals surface area contributed by atoms with E-state index < -0.39 is 0 Å². The fraction of sp³-hybridized carbons (Fsp3) is 0.562. The second-order valence-corrected chi connectivity index (χ2v) is 6.05. The summed E-state index contributed by atoms with van der Waals surface area (Å²) in [6, 6.07) is 8.93. The first kappa shape index (κ1) is 13.1. The Morgan fingerprint density at radius 2 is 2.24 bits per heavy atom. The summed E-state index contributed by atoms with van der Waals surface area (Å²) in [6.07, 6.45) is 0.993. The number of nitrogens with zero attached hydrogens (tertiary/aromatic N) is 2. The molecule has 2 fully saturated rings. The number of hydrogen-bond donors (Lipinski definition) is 1. The molecule has 0 spiro atoms. The number of benzene rings is 1. The van der Waals surface area contributed by atoms with E-state index in [9.17, 15) is 4.79 Å². The van der Waals surface area contributed by atoms with Gasteiger partial charge in [0.05, 0.1) is 19.2 Å². The minimum absolute atomic E-state index is 0.0215. The van der Waals surface area contributed by atoms with E-state index in [1.54, 1.807) is 0 Å². The smallest absolute Gasteiger partial charge is 0.320 e. The Balaban J connectivity index is 1.51. The number of nitrogens with one attached hydrogen (secondary N) is 1. The first-order chi connectivity index (χ1) is 10.3. The maximum atomic E-state index is 12.5. The number of urea groups is 1. The maximum absolute atomic E-state index is 12.5. The van der Waals surface area contributed by atoms with Crippen LogP contribution in [0, 0.1) is 0 Å². The summed E-state index contributed by atoms with van der Waals surface area (Å²) in [5, 5.41) is 3.36. The number of carbonyl (C=O) groups is 1. The van der Waals surface area contributed by atoms with E-state index >= 15 is 0 Å². The second kappa shape index (κ2) is 5.31. The van der Waals surface area contributed by atoms with Gasteiger partial charge in [0.1, 0.15) is 6.10 Å². The van der Waals surface area contributed by atoms with Gasteiger partial charge >= 0.3 is 6.03 Å². The third-order valence-electron chi connectivity index (χ3n) is 4.78. The van der Waals surface area contributed by atoms with Crippen molar-refractivity contribution in [3.8, 4) is 0 Å². The molecule has 2 amide bonds. The van der Waals surface area contributed by atoms with Crippen LogP contribution in [0.15, 0.2) is 24.3 Å². The molecule has 5 nitrogen and oxygen atoms in total. The van der Waals surface area contributed by atoms with Crippen molar-refractivity contribution in [1.29, 1.82) is 0 Å². The van der Waals surface area contributed by atoms with Crippen LogP contribution < -0.4 is 5.32 Å². The van der Waals surface area contributed by atoms with Gasteiger partial charge in [0, 0.05) is 26.2 Å². The van der Waals surface area contributed by atoms with Gasteiger partial charge in [0.2, 0.25) is 0 Å². The minimum Gasteiger partial charge on any atom is -0.371 e. The second-order valence-electron chi connectivity index (χ2n) is 6.05. The highest BCUT2D eigenvalue weighted by molar-refractivity contribution is 5.77. The largest absolute Gasteiger partial charge is 0.371 e. The lowest BCUT2D eigenvalue weighted by Crippen LogP contribution is -2.49. The van der Waals surface area contributed by atoms with Crippen LogP contribution in [0.5, 0.6) is 0 Å².